The Kier molecular flexibility index (Phi) is 1.36. The lowest BCUT2D eigenvalue weighted by Crippen LogP contribution is -1.82. The quantitative estimate of drug-likeness (QED) is 0.667. The summed E-state index contributed by atoms with van der Waals surface area (Å²) in [6, 6.07) is 1.93. The number of H-pyrrole nitrogens is 1. The summed E-state index contributed by atoms with van der Waals surface area (Å²) >= 11 is 1.50. The van der Waals surface area contributed by atoms with Crippen molar-refractivity contribution >= 4 is 16.3 Å². The van der Waals surface area contributed by atoms with Gasteiger partial charge in [-0.3, -0.25) is 0 Å². The SMILES string of the molecule is Nc1sccc1-c1cn[nH]n1. The van der Waals surface area contributed by atoms with Crippen LogP contribution < -0.4 is 5.73 Å². The summed E-state index contributed by atoms with van der Waals surface area (Å²) in [6.45, 7) is 0. The molecule has 0 atom stereocenters. The van der Waals surface area contributed by atoms with Crippen molar-refractivity contribution in [2.24, 2.45) is 0 Å². The van der Waals surface area contributed by atoms with E-state index in [2.05, 4.69) is 15.4 Å². The smallest absolute Gasteiger partial charge is 0.115 e. The Hall–Kier alpha value is -1.36. The minimum Gasteiger partial charge on any atom is -0.390 e. The molecule has 4 nitrogen and oxygen atoms in total. The Morgan fingerprint density at radius 3 is 3.00 bits per heavy atom. The minimum atomic E-state index is 0.777. The first kappa shape index (κ1) is 6.36. The van der Waals surface area contributed by atoms with Gasteiger partial charge in [-0.05, 0) is 11.4 Å². The van der Waals surface area contributed by atoms with Gasteiger partial charge in [0.25, 0.3) is 0 Å². The topological polar surface area (TPSA) is 67.6 Å². The van der Waals surface area contributed by atoms with Crippen molar-refractivity contribution < 1.29 is 0 Å². The lowest BCUT2D eigenvalue weighted by molar-refractivity contribution is 0.942. The molecule has 0 fully saturated rings. The van der Waals surface area contributed by atoms with Crippen LogP contribution in [0.2, 0.25) is 0 Å². The average molecular weight is 166 g/mol. The molecule has 2 heterocycles. The highest BCUT2D eigenvalue weighted by Gasteiger charge is 2.04. The zero-order valence-corrected chi connectivity index (χ0v) is 6.43. The number of nitrogens with two attached hydrogens (primary N) is 1. The van der Waals surface area contributed by atoms with E-state index >= 15 is 0 Å². The van der Waals surface area contributed by atoms with Crippen LogP contribution in [-0.2, 0) is 0 Å². The first-order chi connectivity index (χ1) is 5.38. The van der Waals surface area contributed by atoms with Crippen LogP contribution >= 0.6 is 11.3 Å². The largest absolute Gasteiger partial charge is 0.390 e. The van der Waals surface area contributed by atoms with Crippen molar-refractivity contribution in [3.05, 3.63) is 17.6 Å². The molecule has 0 unspecified atom stereocenters. The van der Waals surface area contributed by atoms with Crippen molar-refractivity contribution in [2.75, 3.05) is 5.73 Å². The predicted molar refractivity (Wildman–Crippen MR) is 44.1 cm³/mol. The number of hydrogen-bond donors (Lipinski definition) is 2. The molecule has 0 bridgehead atoms. The summed E-state index contributed by atoms with van der Waals surface area (Å²) in [5, 5.41) is 12.8. The lowest BCUT2D eigenvalue weighted by atomic mass is 10.2. The third kappa shape index (κ3) is 0.988. The number of aromatic nitrogens is 3. The van der Waals surface area contributed by atoms with E-state index in [1.807, 2.05) is 11.4 Å². The Balaban J connectivity index is 2.53. The number of nitrogens with one attached hydrogen (secondary N) is 1. The number of aromatic amines is 1. The zero-order chi connectivity index (χ0) is 7.68. The van der Waals surface area contributed by atoms with E-state index in [9.17, 15) is 0 Å². The molecule has 3 N–H and O–H groups in total. The molecule has 5 heteroatoms. The van der Waals surface area contributed by atoms with Crippen LogP contribution in [0.25, 0.3) is 11.3 Å². The molecule has 56 valence electrons. The fourth-order valence-corrected chi connectivity index (χ4v) is 1.51. The van der Waals surface area contributed by atoms with E-state index in [4.69, 9.17) is 5.73 Å². The minimum absolute atomic E-state index is 0.777. The van der Waals surface area contributed by atoms with Gasteiger partial charge < -0.3 is 5.73 Å². The number of hydrogen-bond acceptors (Lipinski definition) is 4. The number of anilines is 1. The van der Waals surface area contributed by atoms with Gasteiger partial charge in [0.1, 0.15) is 5.69 Å². The summed E-state index contributed by atoms with van der Waals surface area (Å²) in [5.41, 5.74) is 7.41. The Bertz CT molecular complexity index is 337. The maximum absolute atomic E-state index is 5.67. The number of nitrogens with zero attached hydrogens (tertiary/aromatic N) is 2. The highest BCUT2D eigenvalue weighted by molar-refractivity contribution is 7.14. The first-order valence-electron chi connectivity index (χ1n) is 3.07. The second kappa shape index (κ2) is 2.35. The zero-order valence-electron chi connectivity index (χ0n) is 5.61. The predicted octanol–water partition coefficient (Wildman–Crippen LogP) is 1.12. The lowest BCUT2D eigenvalue weighted by Gasteiger charge is -1.89. The highest BCUT2D eigenvalue weighted by atomic mass is 32.1. The second-order valence-corrected chi connectivity index (χ2v) is 3.00. The average Bonchev–Trinajstić information content (AvgIpc) is 2.55. The number of nitrogen functional groups attached to an aromatic ring is 1. The fourth-order valence-electron chi connectivity index (χ4n) is 0.864. The van der Waals surface area contributed by atoms with Gasteiger partial charge >= 0.3 is 0 Å². The molecule has 0 spiro atoms. The molecule has 0 amide bonds. The van der Waals surface area contributed by atoms with Crippen molar-refractivity contribution in [1.29, 1.82) is 0 Å². The fraction of sp³-hybridized carbons (Fsp3) is 0. The molecular weight excluding hydrogens is 160 g/mol. The molecule has 0 aliphatic carbocycles. The summed E-state index contributed by atoms with van der Waals surface area (Å²) in [4.78, 5) is 0. The number of thiophene rings is 1. The van der Waals surface area contributed by atoms with E-state index in [0.29, 0.717) is 0 Å². The monoisotopic (exact) mass is 166 g/mol. The molecule has 0 aliphatic rings. The van der Waals surface area contributed by atoms with Crippen molar-refractivity contribution in [3.63, 3.8) is 0 Å². The Morgan fingerprint density at radius 1 is 1.55 bits per heavy atom. The summed E-state index contributed by atoms with van der Waals surface area (Å²) in [6.07, 6.45) is 1.65. The van der Waals surface area contributed by atoms with Crippen molar-refractivity contribution in [3.8, 4) is 11.3 Å². The van der Waals surface area contributed by atoms with Gasteiger partial charge in [-0.1, -0.05) is 0 Å². The van der Waals surface area contributed by atoms with Gasteiger partial charge in [0, 0.05) is 5.56 Å². The Labute approximate surface area is 67.1 Å². The van der Waals surface area contributed by atoms with Gasteiger partial charge in [0.15, 0.2) is 0 Å². The van der Waals surface area contributed by atoms with Crippen LogP contribution in [0.3, 0.4) is 0 Å². The molecule has 0 aliphatic heterocycles. The molecule has 2 rings (SSSR count). The summed E-state index contributed by atoms with van der Waals surface area (Å²) in [5.74, 6) is 0. The molecule has 0 saturated heterocycles. The van der Waals surface area contributed by atoms with Gasteiger partial charge in [0.05, 0.1) is 11.2 Å². The van der Waals surface area contributed by atoms with Gasteiger partial charge in [-0.15, -0.1) is 11.3 Å². The maximum Gasteiger partial charge on any atom is 0.115 e. The van der Waals surface area contributed by atoms with Crippen molar-refractivity contribution in [1.82, 2.24) is 15.4 Å². The molecule has 0 aromatic carbocycles. The standard InChI is InChI=1S/C6H6N4S/c7-6-4(1-2-11-6)5-3-8-10-9-5/h1-3H,7H2,(H,8,9,10). The van der Waals surface area contributed by atoms with Crippen LogP contribution in [0, 0.1) is 0 Å². The van der Waals surface area contributed by atoms with E-state index in [-0.39, 0.29) is 0 Å². The van der Waals surface area contributed by atoms with Crippen LogP contribution in [-0.4, -0.2) is 15.4 Å². The maximum atomic E-state index is 5.67. The van der Waals surface area contributed by atoms with E-state index < -0.39 is 0 Å². The molecule has 0 saturated carbocycles. The van der Waals surface area contributed by atoms with Crippen LogP contribution in [0.5, 0.6) is 0 Å². The molecular formula is C6H6N4S. The van der Waals surface area contributed by atoms with Crippen LogP contribution in [0.15, 0.2) is 17.6 Å². The third-order valence-electron chi connectivity index (χ3n) is 1.39. The van der Waals surface area contributed by atoms with Gasteiger partial charge in [-0.2, -0.15) is 15.4 Å². The molecule has 11 heavy (non-hydrogen) atoms. The van der Waals surface area contributed by atoms with E-state index in [1.165, 1.54) is 11.3 Å². The Morgan fingerprint density at radius 2 is 2.45 bits per heavy atom. The van der Waals surface area contributed by atoms with Crippen LogP contribution in [0.4, 0.5) is 5.00 Å². The van der Waals surface area contributed by atoms with E-state index in [1.54, 1.807) is 6.20 Å². The first-order valence-corrected chi connectivity index (χ1v) is 3.95. The molecule has 2 aromatic heterocycles. The second-order valence-electron chi connectivity index (χ2n) is 2.05. The molecule has 0 radical (unpaired) electrons. The highest BCUT2D eigenvalue weighted by Crippen LogP contribution is 2.27. The van der Waals surface area contributed by atoms with Crippen LogP contribution in [0.1, 0.15) is 0 Å². The van der Waals surface area contributed by atoms with Crippen molar-refractivity contribution in [2.45, 2.75) is 0 Å². The van der Waals surface area contributed by atoms with Gasteiger partial charge in [-0.25, -0.2) is 0 Å². The molecule has 2 aromatic rings. The van der Waals surface area contributed by atoms with Gasteiger partial charge in [0.2, 0.25) is 0 Å². The summed E-state index contributed by atoms with van der Waals surface area (Å²) in [7, 11) is 0. The number of rotatable bonds is 1. The third-order valence-corrected chi connectivity index (χ3v) is 2.13. The van der Waals surface area contributed by atoms with E-state index in [0.717, 1.165) is 16.3 Å². The summed E-state index contributed by atoms with van der Waals surface area (Å²) < 4.78 is 0. The normalized spacial score (nSPS) is 10.2.